The maximum atomic E-state index is 3.70. The van der Waals surface area contributed by atoms with Crippen LogP contribution in [-0.2, 0) is 5.41 Å². The van der Waals surface area contributed by atoms with E-state index >= 15 is 0 Å². The molecule has 0 unspecified atom stereocenters. The van der Waals surface area contributed by atoms with E-state index in [1.807, 2.05) is 0 Å². The number of aromatic nitrogens is 1. The van der Waals surface area contributed by atoms with Crippen molar-refractivity contribution in [3.63, 3.8) is 0 Å². The Hall–Kier alpha value is -3.88. The standard InChI is InChI=1S/C35H26BrN/c1-35(2)30-21-25(36)17-19-27(30)28-20-18-26(22-31(28)35)37-32-16-10-9-15-29(32)33(23-11-5-3-6-12-23)34(37)24-13-7-4-8-14-24/h3-22H,1-2H3. The third-order valence-electron chi connectivity index (χ3n) is 7.86. The highest BCUT2D eigenvalue weighted by molar-refractivity contribution is 9.10. The second-order valence-corrected chi connectivity index (χ2v) is 11.3. The maximum absolute atomic E-state index is 3.70. The summed E-state index contributed by atoms with van der Waals surface area (Å²) >= 11 is 3.70. The molecule has 0 spiro atoms. The number of para-hydroxylation sites is 1. The topological polar surface area (TPSA) is 4.93 Å². The van der Waals surface area contributed by atoms with Crippen LogP contribution in [0.4, 0.5) is 0 Å². The minimum absolute atomic E-state index is 0.0808. The van der Waals surface area contributed by atoms with Gasteiger partial charge in [-0.1, -0.05) is 121 Å². The SMILES string of the molecule is CC1(C)c2cc(Br)ccc2-c2ccc(-n3c(-c4ccccc4)c(-c4ccccc4)c4ccccc43)cc21. The number of halogens is 1. The molecule has 37 heavy (non-hydrogen) atoms. The third-order valence-corrected chi connectivity index (χ3v) is 8.36. The van der Waals surface area contributed by atoms with Gasteiger partial charge >= 0.3 is 0 Å². The van der Waals surface area contributed by atoms with Crippen molar-refractivity contribution in [2.45, 2.75) is 19.3 Å². The Balaban J connectivity index is 1.56. The minimum Gasteiger partial charge on any atom is -0.309 e. The normalized spacial score (nSPS) is 13.5. The predicted octanol–water partition coefficient (Wildman–Crippen LogP) is 10.0. The summed E-state index contributed by atoms with van der Waals surface area (Å²) in [5.74, 6) is 0. The van der Waals surface area contributed by atoms with Crippen LogP contribution >= 0.6 is 15.9 Å². The molecule has 0 fully saturated rings. The first-order valence-electron chi connectivity index (χ1n) is 12.7. The Bertz CT molecular complexity index is 1790. The predicted molar refractivity (Wildman–Crippen MR) is 159 cm³/mol. The van der Waals surface area contributed by atoms with Crippen LogP contribution in [0.5, 0.6) is 0 Å². The van der Waals surface area contributed by atoms with Crippen molar-refractivity contribution < 1.29 is 0 Å². The van der Waals surface area contributed by atoms with Gasteiger partial charge in [-0.05, 0) is 63.7 Å². The van der Waals surface area contributed by atoms with Crippen LogP contribution in [0, 0.1) is 0 Å². The Morgan fingerprint density at radius 1 is 0.595 bits per heavy atom. The van der Waals surface area contributed by atoms with Gasteiger partial charge in [-0.15, -0.1) is 0 Å². The van der Waals surface area contributed by atoms with Crippen molar-refractivity contribution >= 4 is 26.8 Å². The van der Waals surface area contributed by atoms with Crippen molar-refractivity contribution in [3.05, 3.63) is 137 Å². The Morgan fingerprint density at radius 3 is 1.92 bits per heavy atom. The van der Waals surface area contributed by atoms with Crippen molar-refractivity contribution in [2.75, 3.05) is 0 Å². The van der Waals surface area contributed by atoms with Crippen LogP contribution in [0.25, 0.3) is 50.1 Å². The van der Waals surface area contributed by atoms with Gasteiger partial charge in [0.1, 0.15) is 0 Å². The van der Waals surface area contributed by atoms with E-state index in [9.17, 15) is 0 Å². The maximum Gasteiger partial charge on any atom is 0.0619 e. The van der Waals surface area contributed by atoms with E-state index in [-0.39, 0.29) is 5.41 Å². The molecule has 2 heteroatoms. The van der Waals surface area contributed by atoms with Gasteiger partial charge in [-0.25, -0.2) is 0 Å². The molecule has 1 nitrogen and oxygen atoms in total. The summed E-state index contributed by atoms with van der Waals surface area (Å²) in [6, 6.07) is 44.1. The molecule has 0 amide bonds. The molecule has 5 aromatic carbocycles. The van der Waals surface area contributed by atoms with Crippen molar-refractivity contribution in [1.29, 1.82) is 0 Å². The van der Waals surface area contributed by atoms with Gasteiger partial charge in [0.05, 0.1) is 11.2 Å². The summed E-state index contributed by atoms with van der Waals surface area (Å²) in [5, 5.41) is 1.26. The zero-order valence-electron chi connectivity index (χ0n) is 20.9. The number of nitrogens with zero attached hydrogens (tertiary/aromatic N) is 1. The highest BCUT2D eigenvalue weighted by Crippen LogP contribution is 2.51. The Labute approximate surface area is 226 Å². The highest BCUT2D eigenvalue weighted by Gasteiger charge is 2.36. The highest BCUT2D eigenvalue weighted by atomic mass is 79.9. The number of rotatable bonds is 3. The molecule has 0 saturated heterocycles. The van der Waals surface area contributed by atoms with Crippen LogP contribution in [0.3, 0.4) is 0 Å². The summed E-state index contributed by atoms with van der Waals surface area (Å²) in [6.45, 7) is 4.68. The molecule has 0 atom stereocenters. The van der Waals surface area contributed by atoms with Gasteiger partial charge < -0.3 is 4.57 Å². The fraction of sp³-hybridized carbons (Fsp3) is 0.0857. The molecular weight excluding hydrogens is 514 g/mol. The molecular formula is C35H26BrN. The van der Waals surface area contributed by atoms with E-state index in [0.29, 0.717) is 0 Å². The Kier molecular flexibility index (Phi) is 5.02. The number of fused-ring (bicyclic) bond motifs is 4. The first-order valence-corrected chi connectivity index (χ1v) is 13.5. The zero-order chi connectivity index (χ0) is 25.1. The van der Waals surface area contributed by atoms with Crippen molar-refractivity contribution in [3.8, 4) is 39.2 Å². The van der Waals surface area contributed by atoms with Crippen LogP contribution in [-0.4, -0.2) is 4.57 Å². The molecule has 1 heterocycles. The number of hydrogen-bond acceptors (Lipinski definition) is 0. The number of benzene rings is 5. The van der Waals surface area contributed by atoms with Gasteiger partial charge in [0.2, 0.25) is 0 Å². The average Bonchev–Trinajstić information content (AvgIpc) is 3.39. The van der Waals surface area contributed by atoms with Gasteiger partial charge in [-0.3, -0.25) is 0 Å². The summed E-state index contributed by atoms with van der Waals surface area (Å²) in [7, 11) is 0. The largest absolute Gasteiger partial charge is 0.309 e. The minimum atomic E-state index is -0.0808. The molecule has 6 aromatic rings. The zero-order valence-corrected chi connectivity index (χ0v) is 22.5. The first-order chi connectivity index (χ1) is 18.0. The van der Waals surface area contributed by atoms with E-state index in [0.717, 1.165) is 4.47 Å². The van der Waals surface area contributed by atoms with E-state index in [1.54, 1.807) is 0 Å². The number of hydrogen-bond donors (Lipinski definition) is 0. The first kappa shape index (κ1) is 22.3. The van der Waals surface area contributed by atoms with Gasteiger partial charge in [0.15, 0.2) is 0 Å². The van der Waals surface area contributed by atoms with E-state index in [1.165, 1.54) is 61.2 Å². The molecule has 1 aromatic heterocycles. The lowest BCUT2D eigenvalue weighted by molar-refractivity contribution is 0.659. The molecule has 0 N–H and O–H groups in total. The van der Waals surface area contributed by atoms with Crippen molar-refractivity contribution in [1.82, 2.24) is 4.57 Å². The van der Waals surface area contributed by atoms with Gasteiger partial charge in [0.25, 0.3) is 0 Å². The second-order valence-electron chi connectivity index (χ2n) is 10.4. The summed E-state index contributed by atoms with van der Waals surface area (Å²) in [4.78, 5) is 0. The van der Waals surface area contributed by atoms with Crippen LogP contribution in [0.15, 0.2) is 126 Å². The third kappa shape index (κ3) is 3.36. The molecule has 0 bridgehead atoms. The summed E-state index contributed by atoms with van der Waals surface area (Å²) in [5.41, 5.74) is 12.7. The van der Waals surface area contributed by atoms with Gasteiger partial charge in [0, 0.05) is 26.5 Å². The quantitative estimate of drug-likeness (QED) is 0.211. The van der Waals surface area contributed by atoms with Crippen LogP contribution < -0.4 is 0 Å². The molecule has 0 saturated carbocycles. The summed E-state index contributed by atoms with van der Waals surface area (Å²) in [6.07, 6.45) is 0. The lowest BCUT2D eigenvalue weighted by atomic mass is 9.82. The van der Waals surface area contributed by atoms with E-state index in [2.05, 4.69) is 156 Å². The molecule has 0 radical (unpaired) electrons. The second kappa shape index (κ2) is 8.33. The lowest BCUT2D eigenvalue weighted by Gasteiger charge is -2.23. The average molecular weight is 541 g/mol. The van der Waals surface area contributed by atoms with Gasteiger partial charge in [-0.2, -0.15) is 0 Å². The molecule has 1 aliphatic carbocycles. The monoisotopic (exact) mass is 539 g/mol. The molecule has 178 valence electrons. The lowest BCUT2D eigenvalue weighted by Crippen LogP contribution is -2.15. The van der Waals surface area contributed by atoms with E-state index in [4.69, 9.17) is 0 Å². The summed E-state index contributed by atoms with van der Waals surface area (Å²) < 4.78 is 3.59. The molecule has 0 aliphatic heterocycles. The smallest absolute Gasteiger partial charge is 0.0619 e. The van der Waals surface area contributed by atoms with Crippen LogP contribution in [0.1, 0.15) is 25.0 Å². The Morgan fingerprint density at radius 2 is 1.19 bits per heavy atom. The fourth-order valence-electron chi connectivity index (χ4n) is 6.11. The fourth-order valence-corrected chi connectivity index (χ4v) is 6.47. The van der Waals surface area contributed by atoms with Crippen LogP contribution in [0.2, 0.25) is 0 Å². The molecule has 1 aliphatic rings. The van der Waals surface area contributed by atoms with E-state index < -0.39 is 0 Å². The van der Waals surface area contributed by atoms with Crippen molar-refractivity contribution in [2.24, 2.45) is 0 Å². The molecule has 7 rings (SSSR count).